The van der Waals surface area contributed by atoms with E-state index in [1.54, 1.807) is 42.5 Å². The highest BCUT2D eigenvalue weighted by Gasteiger charge is 2.09. The Labute approximate surface area is 199 Å². The molecule has 4 aromatic carbocycles. The van der Waals surface area contributed by atoms with Crippen molar-refractivity contribution in [1.82, 2.24) is 5.43 Å². The van der Waals surface area contributed by atoms with Crippen LogP contribution in [0.3, 0.4) is 0 Å². The van der Waals surface area contributed by atoms with Gasteiger partial charge in [0, 0.05) is 9.86 Å². The molecule has 0 unspecified atom stereocenters. The molecule has 7 heteroatoms. The van der Waals surface area contributed by atoms with Gasteiger partial charge in [0.05, 0.1) is 11.8 Å². The molecule has 0 saturated heterocycles. The Morgan fingerprint density at radius 2 is 1.67 bits per heavy atom. The quantitative estimate of drug-likeness (QED) is 0.160. The highest BCUT2D eigenvalue weighted by molar-refractivity contribution is 9.10. The van der Waals surface area contributed by atoms with E-state index < -0.39 is 5.97 Å². The van der Waals surface area contributed by atoms with E-state index in [4.69, 9.17) is 9.47 Å². The fourth-order valence-corrected chi connectivity index (χ4v) is 3.48. The topological polar surface area (TPSA) is 77.0 Å². The summed E-state index contributed by atoms with van der Waals surface area (Å²) in [4.78, 5) is 24.3. The first kappa shape index (κ1) is 22.2. The molecule has 0 aliphatic heterocycles. The van der Waals surface area contributed by atoms with Crippen LogP contribution in [0.5, 0.6) is 11.5 Å². The van der Waals surface area contributed by atoms with Gasteiger partial charge in [-0.15, -0.1) is 0 Å². The molecule has 4 aromatic rings. The number of hydrogen-bond acceptors (Lipinski definition) is 5. The van der Waals surface area contributed by atoms with E-state index in [-0.39, 0.29) is 12.5 Å². The second-order valence-corrected chi connectivity index (χ2v) is 7.94. The standard InChI is InChI=1S/C26H19BrN2O4/c27-21-8-3-7-20(15-21)26(31)33-22-13-11-18(12-14-22)16-28-29-25(30)17-32-24-10-4-6-19-5-1-2-9-23(19)24/h1-16H,17H2,(H,29,30)/b28-16+. The molecular weight excluding hydrogens is 484 g/mol. The summed E-state index contributed by atoms with van der Waals surface area (Å²) in [5.41, 5.74) is 3.62. The normalized spacial score (nSPS) is 10.8. The number of ether oxygens (including phenoxy) is 2. The lowest BCUT2D eigenvalue weighted by molar-refractivity contribution is -0.123. The van der Waals surface area contributed by atoms with Crippen LogP contribution in [-0.4, -0.2) is 24.7 Å². The van der Waals surface area contributed by atoms with Gasteiger partial charge >= 0.3 is 5.97 Å². The summed E-state index contributed by atoms with van der Waals surface area (Å²) in [5, 5.41) is 5.93. The van der Waals surface area contributed by atoms with Crippen molar-refractivity contribution in [3.63, 3.8) is 0 Å². The number of rotatable bonds is 7. The molecule has 4 rings (SSSR count). The number of nitrogens with one attached hydrogen (secondary N) is 1. The molecule has 0 radical (unpaired) electrons. The van der Waals surface area contributed by atoms with Gasteiger partial charge in [0.25, 0.3) is 5.91 Å². The second-order valence-electron chi connectivity index (χ2n) is 7.03. The van der Waals surface area contributed by atoms with E-state index >= 15 is 0 Å². The van der Waals surface area contributed by atoms with E-state index in [0.717, 1.165) is 20.8 Å². The molecule has 0 bridgehead atoms. The SMILES string of the molecule is O=C(COc1cccc2ccccc12)N/N=C/c1ccc(OC(=O)c2cccc(Br)c2)cc1. The van der Waals surface area contributed by atoms with Crippen molar-refractivity contribution in [2.45, 2.75) is 0 Å². The summed E-state index contributed by atoms with van der Waals surface area (Å²) in [6.07, 6.45) is 1.50. The number of hydrogen-bond donors (Lipinski definition) is 1. The van der Waals surface area contributed by atoms with Crippen LogP contribution in [-0.2, 0) is 4.79 Å². The molecule has 1 amide bonds. The number of esters is 1. The molecule has 0 fully saturated rings. The summed E-state index contributed by atoms with van der Waals surface area (Å²) in [7, 11) is 0. The zero-order chi connectivity index (χ0) is 23.0. The van der Waals surface area contributed by atoms with Crippen molar-refractivity contribution in [3.05, 3.63) is 107 Å². The van der Waals surface area contributed by atoms with Crippen molar-refractivity contribution in [2.75, 3.05) is 6.61 Å². The van der Waals surface area contributed by atoms with E-state index in [1.807, 2.05) is 48.5 Å². The Morgan fingerprint density at radius 1 is 0.909 bits per heavy atom. The molecule has 0 heterocycles. The maximum absolute atomic E-state index is 12.2. The molecule has 0 atom stereocenters. The third-order valence-electron chi connectivity index (χ3n) is 4.66. The van der Waals surface area contributed by atoms with Crippen molar-refractivity contribution in [3.8, 4) is 11.5 Å². The highest BCUT2D eigenvalue weighted by Crippen LogP contribution is 2.25. The van der Waals surface area contributed by atoms with Crippen LogP contribution in [0.1, 0.15) is 15.9 Å². The molecule has 164 valence electrons. The van der Waals surface area contributed by atoms with E-state index in [9.17, 15) is 9.59 Å². The number of carbonyl (C=O) groups excluding carboxylic acids is 2. The van der Waals surface area contributed by atoms with Gasteiger partial charge in [-0.3, -0.25) is 4.79 Å². The number of hydrazone groups is 1. The van der Waals surface area contributed by atoms with Crippen LogP contribution in [0.4, 0.5) is 0 Å². The Hall–Kier alpha value is -3.97. The number of fused-ring (bicyclic) bond motifs is 1. The van der Waals surface area contributed by atoms with Gasteiger partial charge < -0.3 is 9.47 Å². The Bertz CT molecular complexity index is 1310. The molecule has 0 aromatic heterocycles. The Morgan fingerprint density at radius 3 is 2.48 bits per heavy atom. The fourth-order valence-electron chi connectivity index (χ4n) is 3.08. The van der Waals surface area contributed by atoms with Crippen molar-refractivity contribution in [2.24, 2.45) is 5.10 Å². The minimum absolute atomic E-state index is 0.157. The zero-order valence-corrected chi connectivity index (χ0v) is 19.0. The largest absolute Gasteiger partial charge is 0.483 e. The predicted octanol–water partition coefficient (Wildman–Crippen LogP) is 5.35. The number of benzene rings is 4. The minimum Gasteiger partial charge on any atom is -0.483 e. The van der Waals surface area contributed by atoms with Gasteiger partial charge in [0.15, 0.2) is 6.61 Å². The van der Waals surface area contributed by atoms with Crippen LogP contribution in [0.2, 0.25) is 0 Å². The monoisotopic (exact) mass is 502 g/mol. The minimum atomic E-state index is -0.448. The fraction of sp³-hybridized carbons (Fsp3) is 0.0385. The number of carbonyl (C=O) groups is 2. The molecular formula is C26H19BrN2O4. The lowest BCUT2D eigenvalue weighted by Crippen LogP contribution is -2.24. The average Bonchev–Trinajstić information content (AvgIpc) is 2.84. The van der Waals surface area contributed by atoms with Crippen LogP contribution >= 0.6 is 15.9 Å². The molecule has 0 aliphatic carbocycles. The lowest BCUT2D eigenvalue weighted by atomic mass is 10.1. The van der Waals surface area contributed by atoms with Gasteiger partial charge in [0.1, 0.15) is 11.5 Å². The molecule has 1 N–H and O–H groups in total. The van der Waals surface area contributed by atoms with Crippen LogP contribution in [0, 0.1) is 0 Å². The van der Waals surface area contributed by atoms with Crippen LogP contribution < -0.4 is 14.9 Å². The van der Waals surface area contributed by atoms with Crippen molar-refractivity contribution in [1.29, 1.82) is 0 Å². The third kappa shape index (κ3) is 6.05. The molecule has 6 nitrogen and oxygen atoms in total. The number of nitrogens with zero attached hydrogens (tertiary/aromatic N) is 1. The van der Waals surface area contributed by atoms with E-state index in [1.165, 1.54) is 6.21 Å². The van der Waals surface area contributed by atoms with E-state index in [2.05, 4.69) is 26.5 Å². The van der Waals surface area contributed by atoms with Crippen molar-refractivity contribution < 1.29 is 19.1 Å². The first-order valence-corrected chi connectivity index (χ1v) is 10.9. The maximum Gasteiger partial charge on any atom is 0.343 e. The summed E-state index contributed by atoms with van der Waals surface area (Å²) in [6.45, 7) is -0.157. The summed E-state index contributed by atoms with van der Waals surface area (Å²) < 4.78 is 11.8. The Balaban J connectivity index is 1.27. The smallest absolute Gasteiger partial charge is 0.343 e. The first-order chi connectivity index (χ1) is 16.1. The second kappa shape index (κ2) is 10.6. The van der Waals surface area contributed by atoms with Crippen LogP contribution in [0.25, 0.3) is 10.8 Å². The molecule has 33 heavy (non-hydrogen) atoms. The molecule has 0 saturated carbocycles. The van der Waals surface area contributed by atoms with Gasteiger partial charge in [-0.25, -0.2) is 10.2 Å². The van der Waals surface area contributed by atoms with E-state index in [0.29, 0.717) is 17.1 Å². The summed E-state index contributed by atoms with van der Waals surface area (Å²) >= 11 is 3.33. The summed E-state index contributed by atoms with van der Waals surface area (Å²) in [5.74, 6) is 0.222. The average molecular weight is 503 g/mol. The van der Waals surface area contributed by atoms with Gasteiger partial charge in [-0.1, -0.05) is 58.4 Å². The van der Waals surface area contributed by atoms with Crippen molar-refractivity contribution >= 4 is 44.8 Å². The van der Waals surface area contributed by atoms with Gasteiger partial charge in [0.2, 0.25) is 0 Å². The Kier molecular flexibility index (Phi) is 7.12. The lowest BCUT2D eigenvalue weighted by Gasteiger charge is -2.08. The zero-order valence-electron chi connectivity index (χ0n) is 17.4. The molecule has 0 spiro atoms. The predicted molar refractivity (Wildman–Crippen MR) is 131 cm³/mol. The van der Waals surface area contributed by atoms with Gasteiger partial charge in [-0.2, -0.15) is 5.10 Å². The highest BCUT2D eigenvalue weighted by atomic mass is 79.9. The van der Waals surface area contributed by atoms with Crippen LogP contribution in [0.15, 0.2) is 101 Å². The number of halogens is 1. The van der Waals surface area contributed by atoms with Gasteiger partial charge in [-0.05, 0) is 59.5 Å². The molecule has 0 aliphatic rings. The number of amides is 1. The first-order valence-electron chi connectivity index (χ1n) is 10.1. The maximum atomic E-state index is 12.2. The third-order valence-corrected chi connectivity index (χ3v) is 5.16. The summed E-state index contributed by atoms with van der Waals surface area (Å²) in [6, 6.07) is 27.2.